The molecule has 2 rings (SSSR count). The van der Waals surface area contributed by atoms with E-state index in [1.54, 1.807) is 0 Å². The second kappa shape index (κ2) is 3.81. The molecular weight excluding hydrogens is 252 g/mol. The Morgan fingerprint density at radius 1 is 1.20 bits per heavy atom. The molecule has 0 unspecified atom stereocenters. The van der Waals surface area contributed by atoms with E-state index in [0.29, 0.717) is 0 Å². The molecule has 1 aromatic carbocycles. The summed E-state index contributed by atoms with van der Waals surface area (Å²) in [5.41, 5.74) is 5.76. The fraction of sp³-hybridized carbons (Fsp3) is 0.250. The number of nitrogens with one attached hydrogen (secondary N) is 1. The van der Waals surface area contributed by atoms with Crippen LogP contribution in [-0.2, 0) is 0 Å². The number of H-pyrrole nitrogens is 1. The standard InChI is InChI=1S/C12H13BrN2/c1-7-4-5-10(8(2)6-7)12-11(13)9(3)14-15-12/h4-6H,1-3H3,(H,14,15). The molecule has 0 aliphatic rings. The first-order chi connectivity index (χ1) is 7.09. The van der Waals surface area contributed by atoms with E-state index < -0.39 is 0 Å². The van der Waals surface area contributed by atoms with Crippen LogP contribution in [0, 0.1) is 20.8 Å². The van der Waals surface area contributed by atoms with Crippen LogP contribution >= 0.6 is 15.9 Å². The first kappa shape index (κ1) is 10.4. The van der Waals surface area contributed by atoms with Gasteiger partial charge >= 0.3 is 0 Å². The molecule has 0 aliphatic carbocycles. The minimum absolute atomic E-state index is 0.991. The normalized spacial score (nSPS) is 10.7. The number of rotatable bonds is 1. The van der Waals surface area contributed by atoms with E-state index in [4.69, 9.17) is 0 Å². The van der Waals surface area contributed by atoms with Crippen molar-refractivity contribution in [1.29, 1.82) is 0 Å². The summed E-state index contributed by atoms with van der Waals surface area (Å²) in [6.07, 6.45) is 0. The molecule has 2 nitrogen and oxygen atoms in total. The molecule has 0 fully saturated rings. The minimum atomic E-state index is 0.991. The van der Waals surface area contributed by atoms with Crippen LogP contribution in [0.2, 0.25) is 0 Å². The SMILES string of the molecule is Cc1ccc(-c2n[nH]c(C)c2Br)c(C)c1. The zero-order valence-electron chi connectivity index (χ0n) is 9.06. The molecule has 3 heteroatoms. The van der Waals surface area contributed by atoms with E-state index in [9.17, 15) is 0 Å². The Morgan fingerprint density at radius 2 is 1.93 bits per heavy atom. The van der Waals surface area contributed by atoms with Gasteiger partial charge in [0.25, 0.3) is 0 Å². The van der Waals surface area contributed by atoms with Crippen molar-refractivity contribution >= 4 is 15.9 Å². The molecule has 0 radical (unpaired) electrons. The predicted octanol–water partition coefficient (Wildman–Crippen LogP) is 3.76. The van der Waals surface area contributed by atoms with Crippen molar-refractivity contribution in [2.45, 2.75) is 20.8 Å². The van der Waals surface area contributed by atoms with Crippen LogP contribution in [0.1, 0.15) is 16.8 Å². The van der Waals surface area contributed by atoms with Gasteiger partial charge in [0.15, 0.2) is 0 Å². The Hall–Kier alpha value is -1.09. The van der Waals surface area contributed by atoms with E-state index in [-0.39, 0.29) is 0 Å². The average Bonchev–Trinajstić information content (AvgIpc) is 2.49. The highest BCUT2D eigenvalue weighted by Crippen LogP contribution is 2.30. The maximum Gasteiger partial charge on any atom is 0.107 e. The highest BCUT2D eigenvalue weighted by molar-refractivity contribution is 9.10. The van der Waals surface area contributed by atoms with Gasteiger partial charge in [0, 0.05) is 11.3 Å². The fourth-order valence-electron chi connectivity index (χ4n) is 1.67. The van der Waals surface area contributed by atoms with Crippen LogP contribution in [0.5, 0.6) is 0 Å². The van der Waals surface area contributed by atoms with E-state index in [1.165, 1.54) is 16.7 Å². The van der Waals surface area contributed by atoms with Gasteiger partial charge in [-0.15, -0.1) is 0 Å². The van der Waals surface area contributed by atoms with Gasteiger partial charge in [0.1, 0.15) is 5.69 Å². The zero-order valence-corrected chi connectivity index (χ0v) is 10.6. The predicted molar refractivity (Wildman–Crippen MR) is 65.9 cm³/mol. The molecule has 1 N–H and O–H groups in total. The molecule has 1 aromatic heterocycles. The van der Waals surface area contributed by atoms with Gasteiger partial charge in [-0.2, -0.15) is 5.10 Å². The highest BCUT2D eigenvalue weighted by atomic mass is 79.9. The third-order valence-electron chi connectivity index (χ3n) is 2.51. The van der Waals surface area contributed by atoms with Crippen LogP contribution in [0.25, 0.3) is 11.3 Å². The molecule has 15 heavy (non-hydrogen) atoms. The quantitative estimate of drug-likeness (QED) is 0.835. The molecule has 0 amide bonds. The molecule has 0 spiro atoms. The van der Waals surface area contributed by atoms with Crippen LogP contribution in [0.3, 0.4) is 0 Å². The topological polar surface area (TPSA) is 28.7 Å². The number of benzene rings is 1. The van der Waals surface area contributed by atoms with Gasteiger partial charge in [-0.05, 0) is 42.3 Å². The van der Waals surface area contributed by atoms with Crippen molar-refractivity contribution in [1.82, 2.24) is 10.2 Å². The van der Waals surface area contributed by atoms with E-state index in [2.05, 4.69) is 58.2 Å². The maximum atomic E-state index is 4.30. The Labute approximate surface area is 97.8 Å². The summed E-state index contributed by atoms with van der Waals surface area (Å²) in [6.45, 7) is 6.21. The molecule has 0 saturated heterocycles. The number of halogens is 1. The summed E-state index contributed by atoms with van der Waals surface area (Å²) in [5.74, 6) is 0. The summed E-state index contributed by atoms with van der Waals surface area (Å²) in [7, 11) is 0. The summed E-state index contributed by atoms with van der Waals surface area (Å²) in [4.78, 5) is 0. The molecule has 78 valence electrons. The monoisotopic (exact) mass is 264 g/mol. The van der Waals surface area contributed by atoms with Crippen molar-refractivity contribution in [2.75, 3.05) is 0 Å². The number of aromatic nitrogens is 2. The lowest BCUT2D eigenvalue weighted by molar-refractivity contribution is 1.05. The lowest BCUT2D eigenvalue weighted by Gasteiger charge is -2.04. The molecule has 2 aromatic rings. The van der Waals surface area contributed by atoms with Crippen LogP contribution in [-0.4, -0.2) is 10.2 Å². The van der Waals surface area contributed by atoms with Crippen molar-refractivity contribution in [3.05, 3.63) is 39.5 Å². The lowest BCUT2D eigenvalue weighted by atomic mass is 10.0. The zero-order chi connectivity index (χ0) is 11.0. The smallest absolute Gasteiger partial charge is 0.107 e. The number of hydrogen-bond acceptors (Lipinski definition) is 1. The molecule has 0 aliphatic heterocycles. The van der Waals surface area contributed by atoms with E-state index in [1.807, 2.05) is 6.92 Å². The third-order valence-corrected chi connectivity index (χ3v) is 3.48. The Balaban J connectivity index is 2.59. The van der Waals surface area contributed by atoms with Gasteiger partial charge in [-0.1, -0.05) is 23.8 Å². The summed E-state index contributed by atoms with van der Waals surface area (Å²) in [5, 5.41) is 7.28. The van der Waals surface area contributed by atoms with Crippen LogP contribution in [0.15, 0.2) is 22.7 Å². The number of nitrogens with zero attached hydrogens (tertiary/aromatic N) is 1. The first-order valence-electron chi connectivity index (χ1n) is 4.87. The summed E-state index contributed by atoms with van der Waals surface area (Å²) < 4.78 is 1.05. The summed E-state index contributed by atoms with van der Waals surface area (Å²) >= 11 is 3.55. The number of hydrogen-bond donors (Lipinski definition) is 1. The van der Waals surface area contributed by atoms with E-state index >= 15 is 0 Å². The Kier molecular flexibility index (Phi) is 2.65. The van der Waals surface area contributed by atoms with Crippen LogP contribution < -0.4 is 0 Å². The number of aromatic amines is 1. The van der Waals surface area contributed by atoms with Crippen molar-refractivity contribution in [3.8, 4) is 11.3 Å². The van der Waals surface area contributed by atoms with Gasteiger partial charge in [0.05, 0.1) is 4.47 Å². The molecule has 0 bridgehead atoms. The van der Waals surface area contributed by atoms with E-state index in [0.717, 1.165) is 15.9 Å². The van der Waals surface area contributed by atoms with Gasteiger partial charge in [-0.3, -0.25) is 5.10 Å². The van der Waals surface area contributed by atoms with Crippen LogP contribution in [0.4, 0.5) is 0 Å². The highest BCUT2D eigenvalue weighted by Gasteiger charge is 2.11. The fourth-order valence-corrected chi connectivity index (χ4v) is 2.06. The minimum Gasteiger partial charge on any atom is -0.281 e. The average molecular weight is 265 g/mol. The lowest BCUT2D eigenvalue weighted by Crippen LogP contribution is -1.85. The Morgan fingerprint density at radius 3 is 2.47 bits per heavy atom. The second-order valence-corrected chi connectivity index (χ2v) is 4.62. The van der Waals surface area contributed by atoms with Crippen molar-refractivity contribution in [3.63, 3.8) is 0 Å². The number of aryl methyl sites for hydroxylation is 3. The second-order valence-electron chi connectivity index (χ2n) is 3.83. The molecular formula is C12H13BrN2. The van der Waals surface area contributed by atoms with Crippen molar-refractivity contribution < 1.29 is 0 Å². The van der Waals surface area contributed by atoms with Gasteiger partial charge < -0.3 is 0 Å². The van der Waals surface area contributed by atoms with Crippen molar-refractivity contribution in [2.24, 2.45) is 0 Å². The first-order valence-corrected chi connectivity index (χ1v) is 5.67. The summed E-state index contributed by atoms with van der Waals surface area (Å²) in [6, 6.07) is 6.40. The molecule has 0 atom stereocenters. The molecule has 1 heterocycles. The Bertz CT molecular complexity index is 500. The van der Waals surface area contributed by atoms with Gasteiger partial charge in [0.2, 0.25) is 0 Å². The van der Waals surface area contributed by atoms with Gasteiger partial charge in [-0.25, -0.2) is 0 Å². The maximum absolute atomic E-state index is 4.30. The molecule has 0 saturated carbocycles. The third kappa shape index (κ3) is 1.84. The largest absolute Gasteiger partial charge is 0.281 e.